The minimum Gasteiger partial charge on any atom is -0.362 e. The average molecular weight is 251 g/mol. The molecule has 1 aromatic heterocycles. The van der Waals surface area contributed by atoms with Crippen molar-refractivity contribution in [2.75, 3.05) is 21.1 Å². The number of hydrogen-bond donors (Lipinski definition) is 0. The molecule has 1 aromatic rings. The van der Waals surface area contributed by atoms with Crippen LogP contribution in [0, 0.1) is 0 Å². The second-order valence-electron chi connectivity index (χ2n) is 3.53. The highest BCUT2D eigenvalue weighted by Crippen LogP contribution is 2.08. The smallest absolute Gasteiger partial charge is 0.148 e. The van der Waals surface area contributed by atoms with Crippen LogP contribution < -0.4 is 0 Å². The fourth-order valence-electron chi connectivity index (χ4n) is 1.22. The van der Waals surface area contributed by atoms with Crippen LogP contribution in [0.2, 0.25) is 0 Å². The van der Waals surface area contributed by atoms with E-state index in [-0.39, 0.29) is 0 Å². The van der Waals surface area contributed by atoms with E-state index in [0.717, 1.165) is 11.4 Å². The van der Waals surface area contributed by atoms with Gasteiger partial charge in [-0.15, -0.1) is 0 Å². The molecule has 5 heteroatoms. The van der Waals surface area contributed by atoms with Crippen LogP contribution in [-0.4, -0.2) is 42.0 Å². The van der Waals surface area contributed by atoms with Crippen molar-refractivity contribution in [2.24, 2.45) is 9.98 Å². The van der Waals surface area contributed by atoms with Crippen LogP contribution in [0.5, 0.6) is 0 Å². The van der Waals surface area contributed by atoms with Gasteiger partial charge in [-0.1, -0.05) is 18.2 Å². The number of pyridine rings is 1. The Balaban J connectivity index is 3.11. The monoisotopic (exact) mass is 250 g/mol. The van der Waals surface area contributed by atoms with E-state index in [4.69, 9.17) is 11.6 Å². The molecule has 0 saturated heterocycles. The third-order valence-electron chi connectivity index (χ3n) is 2.02. The van der Waals surface area contributed by atoms with Crippen molar-refractivity contribution in [3.05, 3.63) is 42.4 Å². The van der Waals surface area contributed by atoms with Crippen LogP contribution >= 0.6 is 11.6 Å². The molecule has 1 heterocycles. The van der Waals surface area contributed by atoms with Crippen LogP contribution in [0.1, 0.15) is 5.56 Å². The number of aliphatic imine (C=N–C) groups is 2. The molecule has 4 nitrogen and oxygen atoms in total. The van der Waals surface area contributed by atoms with E-state index in [1.807, 2.05) is 31.1 Å². The molecule has 0 radical (unpaired) electrons. The van der Waals surface area contributed by atoms with Gasteiger partial charge in [0.05, 0.1) is 5.70 Å². The lowest BCUT2D eigenvalue weighted by atomic mass is 10.2. The van der Waals surface area contributed by atoms with E-state index >= 15 is 0 Å². The van der Waals surface area contributed by atoms with Crippen molar-refractivity contribution >= 4 is 22.6 Å². The van der Waals surface area contributed by atoms with Gasteiger partial charge in [0.1, 0.15) is 11.0 Å². The van der Waals surface area contributed by atoms with Gasteiger partial charge in [-0.2, -0.15) is 0 Å². The third-order valence-corrected chi connectivity index (χ3v) is 2.41. The van der Waals surface area contributed by atoms with E-state index in [0.29, 0.717) is 10.9 Å². The Bertz CT molecular complexity index is 449. The number of aromatic nitrogens is 1. The summed E-state index contributed by atoms with van der Waals surface area (Å²) in [7, 11) is 5.40. The number of nitrogens with zero attached hydrogens (tertiary/aromatic N) is 4. The van der Waals surface area contributed by atoms with Gasteiger partial charge in [0.15, 0.2) is 0 Å². The van der Waals surface area contributed by atoms with Gasteiger partial charge in [-0.3, -0.25) is 9.98 Å². The average Bonchev–Trinajstić information content (AvgIpc) is 2.35. The molecule has 0 amide bonds. The van der Waals surface area contributed by atoms with Crippen molar-refractivity contribution in [3.8, 4) is 0 Å². The number of halogens is 1. The molecule has 0 aliphatic carbocycles. The fourth-order valence-corrected chi connectivity index (χ4v) is 1.26. The first-order chi connectivity index (χ1) is 8.06. The van der Waals surface area contributed by atoms with Crippen LogP contribution in [0.15, 0.2) is 46.8 Å². The maximum absolute atomic E-state index is 5.86. The number of amidine groups is 1. The molecule has 0 aliphatic heterocycles. The highest BCUT2D eigenvalue weighted by Gasteiger charge is 2.08. The van der Waals surface area contributed by atoms with E-state index in [2.05, 4.69) is 21.5 Å². The van der Waals surface area contributed by atoms with Crippen molar-refractivity contribution in [1.82, 2.24) is 9.88 Å². The number of allylic oxidation sites excluding steroid dienone is 1. The first kappa shape index (κ1) is 13.4. The molecule has 0 aliphatic rings. The molecular formula is C12H15ClN4. The highest BCUT2D eigenvalue weighted by atomic mass is 35.5. The van der Waals surface area contributed by atoms with Crippen molar-refractivity contribution < 1.29 is 0 Å². The van der Waals surface area contributed by atoms with E-state index in [9.17, 15) is 0 Å². The number of rotatable bonds is 3. The minimum absolute atomic E-state index is 0.299. The maximum atomic E-state index is 5.86. The maximum Gasteiger partial charge on any atom is 0.148 e. The Kier molecular flexibility index (Phi) is 4.84. The molecule has 0 saturated carbocycles. The standard InChI is InChI=1S/C12H15ClN4/c1-9(11(13)14-2)16-12(17(3)4)10-6-5-7-15-8-10/h5-8H,1H2,2-4H3/b14-11+,16-12-. The topological polar surface area (TPSA) is 40.9 Å². The van der Waals surface area contributed by atoms with Crippen molar-refractivity contribution in [1.29, 1.82) is 0 Å². The molecule has 0 bridgehead atoms. The van der Waals surface area contributed by atoms with Crippen LogP contribution in [-0.2, 0) is 0 Å². The van der Waals surface area contributed by atoms with Gasteiger partial charge >= 0.3 is 0 Å². The Labute approximate surface area is 106 Å². The molecule has 1 rings (SSSR count). The quantitative estimate of drug-likeness (QED) is 0.609. The van der Waals surface area contributed by atoms with Gasteiger partial charge in [-0.25, -0.2) is 4.99 Å². The van der Waals surface area contributed by atoms with E-state index in [1.54, 1.807) is 19.4 Å². The Morgan fingerprint density at radius 2 is 2.18 bits per heavy atom. The molecule has 0 fully saturated rings. The van der Waals surface area contributed by atoms with Gasteiger partial charge in [0, 0.05) is 39.1 Å². The summed E-state index contributed by atoms with van der Waals surface area (Å²) in [6.07, 6.45) is 3.45. The van der Waals surface area contributed by atoms with Gasteiger partial charge in [0.25, 0.3) is 0 Å². The molecular weight excluding hydrogens is 236 g/mol. The van der Waals surface area contributed by atoms with Gasteiger partial charge in [-0.05, 0) is 12.1 Å². The molecule has 0 unspecified atom stereocenters. The normalized spacial score (nSPS) is 12.5. The summed E-state index contributed by atoms with van der Waals surface area (Å²) >= 11 is 5.86. The third kappa shape index (κ3) is 3.67. The predicted molar refractivity (Wildman–Crippen MR) is 72.8 cm³/mol. The molecule has 0 spiro atoms. The largest absolute Gasteiger partial charge is 0.362 e. The highest BCUT2D eigenvalue weighted by molar-refractivity contribution is 6.69. The van der Waals surface area contributed by atoms with Crippen molar-refractivity contribution in [3.63, 3.8) is 0 Å². The summed E-state index contributed by atoms with van der Waals surface area (Å²) in [4.78, 5) is 14.1. The van der Waals surface area contributed by atoms with Crippen LogP contribution in [0.25, 0.3) is 0 Å². The fraction of sp³-hybridized carbons (Fsp3) is 0.250. The summed E-state index contributed by atoms with van der Waals surface area (Å²) in [5.41, 5.74) is 1.33. The SMILES string of the molecule is C=C(/N=C(/c1cccnc1)N(C)C)/C(Cl)=N\C. The van der Waals surface area contributed by atoms with Crippen LogP contribution in [0.4, 0.5) is 0 Å². The van der Waals surface area contributed by atoms with Crippen molar-refractivity contribution in [2.45, 2.75) is 0 Å². The predicted octanol–water partition coefficient (Wildman–Crippen LogP) is 2.17. The molecule has 0 atom stereocenters. The van der Waals surface area contributed by atoms with E-state index < -0.39 is 0 Å². The van der Waals surface area contributed by atoms with E-state index in [1.165, 1.54) is 0 Å². The van der Waals surface area contributed by atoms with Crippen LogP contribution in [0.3, 0.4) is 0 Å². The van der Waals surface area contributed by atoms with Gasteiger partial charge in [0.2, 0.25) is 0 Å². The second kappa shape index (κ2) is 6.15. The zero-order valence-electron chi connectivity index (χ0n) is 10.2. The molecule has 0 N–H and O–H groups in total. The first-order valence-electron chi connectivity index (χ1n) is 5.04. The summed E-state index contributed by atoms with van der Waals surface area (Å²) in [6.45, 7) is 3.78. The summed E-state index contributed by atoms with van der Waals surface area (Å²) in [5, 5.41) is 0.299. The zero-order valence-corrected chi connectivity index (χ0v) is 10.9. The molecule has 17 heavy (non-hydrogen) atoms. The first-order valence-corrected chi connectivity index (χ1v) is 5.42. The second-order valence-corrected chi connectivity index (χ2v) is 3.89. The lowest BCUT2D eigenvalue weighted by molar-refractivity contribution is 0.623. The lowest BCUT2D eigenvalue weighted by Crippen LogP contribution is -2.23. The Hall–Kier alpha value is -1.68. The minimum atomic E-state index is 0.299. The zero-order chi connectivity index (χ0) is 12.8. The Morgan fingerprint density at radius 3 is 2.65 bits per heavy atom. The molecule has 90 valence electrons. The van der Waals surface area contributed by atoms with Gasteiger partial charge < -0.3 is 4.90 Å². The lowest BCUT2D eigenvalue weighted by Gasteiger charge is -2.15. The molecule has 0 aromatic carbocycles. The summed E-state index contributed by atoms with van der Waals surface area (Å²) < 4.78 is 0. The Morgan fingerprint density at radius 1 is 1.47 bits per heavy atom. The summed E-state index contributed by atoms with van der Waals surface area (Å²) in [5.74, 6) is 0.741. The number of hydrogen-bond acceptors (Lipinski definition) is 3. The summed E-state index contributed by atoms with van der Waals surface area (Å²) in [6, 6.07) is 3.78.